The molecule has 0 atom stereocenters. The van der Waals surface area contributed by atoms with Crippen LogP contribution in [0.5, 0.6) is 5.75 Å². The number of carbonyl (C=O) groups is 1. The minimum absolute atomic E-state index is 0.0316. The first kappa shape index (κ1) is 44.2. The highest BCUT2D eigenvalue weighted by atomic mass is 32.2. The molecule has 11 N–H and O–H groups in total. The van der Waals surface area contributed by atoms with Crippen LogP contribution in [0.15, 0.2) is 156 Å². The number of anilines is 4. The molecule has 0 saturated heterocycles. The van der Waals surface area contributed by atoms with Gasteiger partial charge in [-0.25, -0.2) is 0 Å². The van der Waals surface area contributed by atoms with Crippen LogP contribution in [0.3, 0.4) is 0 Å². The maximum absolute atomic E-state index is 12.2. The van der Waals surface area contributed by atoms with E-state index in [0.29, 0.717) is 22.3 Å². The van der Waals surface area contributed by atoms with Gasteiger partial charge in [-0.15, -0.1) is 20.5 Å². The van der Waals surface area contributed by atoms with E-state index in [1.807, 2.05) is 0 Å². The number of nitrogens with zero attached hydrogens (tertiary/aromatic N) is 4. The van der Waals surface area contributed by atoms with Crippen LogP contribution in [0, 0.1) is 0 Å². The highest BCUT2D eigenvalue weighted by Gasteiger charge is 2.23. The molecule has 19 nitrogen and oxygen atoms in total. The Labute approximate surface area is 353 Å². The molecule has 0 heterocycles. The van der Waals surface area contributed by atoms with Gasteiger partial charge in [0.2, 0.25) is 0 Å². The Kier molecular flexibility index (Phi) is 12.1. The molecule has 0 aliphatic carbocycles. The fourth-order valence-electron chi connectivity index (χ4n) is 5.88. The number of phenolic OH excluding ortho intramolecular Hbond substituents is 1. The monoisotopic (exact) mass is 898 g/mol. The number of nitrogens with two attached hydrogens (primary N) is 3. The molecule has 318 valence electrons. The molecule has 0 unspecified atom stereocenters. The summed E-state index contributed by atoms with van der Waals surface area (Å²) < 4.78 is 101. The Bertz CT molecular complexity index is 3400. The van der Waals surface area contributed by atoms with Gasteiger partial charge < -0.3 is 27.6 Å². The normalized spacial score (nSPS) is 12.2. The molecular weight excluding hydrogens is 865 g/mol. The van der Waals surface area contributed by atoms with Crippen molar-refractivity contribution in [1.29, 1.82) is 0 Å². The predicted octanol–water partition coefficient (Wildman–Crippen LogP) is 8.37. The van der Waals surface area contributed by atoms with E-state index >= 15 is 0 Å². The lowest BCUT2D eigenvalue weighted by atomic mass is 10.1. The molecular formula is C40H34N8O11S3. The van der Waals surface area contributed by atoms with Gasteiger partial charge in [0.15, 0.2) is 5.75 Å². The predicted molar refractivity (Wildman–Crippen MR) is 234 cm³/mol. The van der Waals surface area contributed by atoms with Crippen molar-refractivity contribution in [1.82, 2.24) is 0 Å². The number of phenols is 1. The van der Waals surface area contributed by atoms with Gasteiger partial charge in [-0.05, 0) is 103 Å². The van der Waals surface area contributed by atoms with Crippen LogP contribution in [-0.2, 0) is 35.1 Å². The lowest BCUT2D eigenvalue weighted by Gasteiger charge is -2.10. The Balaban J connectivity index is 0.000000423. The summed E-state index contributed by atoms with van der Waals surface area (Å²) in [4.78, 5) is 9.45. The number of nitrogen functional groups attached to an aromatic ring is 3. The van der Waals surface area contributed by atoms with Gasteiger partial charge in [0.25, 0.3) is 36.3 Å². The van der Waals surface area contributed by atoms with E-state index in [0.717, 1.165) is 23.9 Å². The quantitative estimate of drug-likeness (QED) is 0.0292. The number of carbonyl (C=O) groups excluding carboxylic acids is 1. The molecule has 62 heavy (non-hydrogen) atoms. The summed E-state index contributed by atoms with van der Waals surface area (Å²) in [7, 11) is -14.2. The van der Waals surface area contributed by atoms with Crippen molar-refractivity contribution in [3.8, 4) is 5.75 Å². The third-order valence-corrected chi connectivity index (χ3v) is 11.5. The van der Waals surface area contributed by atoms with Gasteiger partial charge in [-0.2, -0.15) is 25.3 Å². The van der Waals surface area contributed by atoms with Crippen molar-refractivity contribution in [2.45, 2.75) is 21.6 Å². The summed E-state index contributed by atoms with van der Waals surface area (Å²) in [6.45, 7) is 5.19. The standard InChI is InChI=1S/C30H22N6O10S3.C10H12N2O/c31-16-2-1-15-11-28(49(44,45)46)29(30(37)21(15)12-16)36-35-27-10-9-25(20-6-4-18(14-23(20)27)48(41,42)43)33-34-26-8-7-24(32)19-5-3-17(13-22(19)26)47(38,39)40;1-7(2)10(13)12-9-5-3-8(11)4-6-9/h1-14,37H,31-32H2,(H,38,39,40)(H,41,42,43)(H,44,45,46);3-6H,1,11H2,2H3,(H,12,13). The molecule has 7 rings (SSSR count). The van der Waals surface area contributed by atoms with Crippen LogP contribution in [0.1, 0.15) is 6.92 Å². The molecule has 0 saturated carbocycles. The number of nitrogens with one attached hydrogen (secondary N) is 1. The lowest BCUT2D eigenvalue weighted by molar-refractivity contribution is -0.112. The van der Waals surface area contributed by atoms with E-state index < -0.39 is 56.5 Å². The maximum atomic E-state index is 12.2. The highest BCUT2D eigenvalue weighted by molar-refractivity contribution is 7.86. The average molecular weight is 899 g/mol. The Morgan fingerprint density at radius 2 is 1.06 bits per heavy atom. The van der Waals surface area contributed by atoms with Gasteiger partial charge >= 0.3 is 0 Å². The number of hydrogen-bond donors (Lipinski definition) is 8. The number of fused-ring (bicyclic) bond motifs is 3. The van der Waals surface area contributed by atoms with Gasteiger partial charge in [0.1, 0.15) is 10.6 Å². The van der Waals surface area contributed by atoms with E-state index in [1.165, 1.54) is 66.7 Å². The summed E-state index contributed by atoms with van der Waals surface area (Å²) >= 11 is 0. The lowest BCUT2D eigenvalue weighted by Crippen LogP contribution is -2.11. The van der Waals surface area contributed by atoms with Crippen LogP contribution in [0.25, 0.3) is 32.3 Å². The molecule has 7 aromatic carbocycles. The van der Waals surface area contributed by atoms with E-state index in [1.54, 1.807) is 31.2 Å². The fourth-order valence-corrected chi connectivity index (χ4v) is 7.55. The average Bonchev–Trinajstić information content (AvgIpc) is 3.20. The molecule has 1 amide bonds. The number of hydrogen-bond acceptors (Lipinski definition) is 15. The minimum Gasteiger partial charge on any atom is -0.505 e. The third kappa shape index (κ3) is 9.82. The number of azo groups is 2. The summed E-state index contributed by atoms with van der Waals surface area (Å²) in [5.41, 5.74) is 19.3. The van der Waals surface area contributed by atoms with E-state index in [2.05, 4.69) is 32.4 Å². The summed E-state index contributed by atoms with van der Waals surface area (Å²) in [6, 6.07) is 25.1. The first-order valence-corrected chi connectivity index (χ1v) is 21.9. The van der Waals surface area contributed by atoms with Gasteiger partial charge in [0, 0.05) is 55.3 Å². The first-order chi connectivity index (χ1) is 29.0. The summed E-state index contributed by atoms with van der Waals surface area (Å²) in [5, 5.41) is 31.3. The summed E-state index contributed by atoms with van der Waals surface area (Å²) in [5.74, 6) is -0.841. The molecule has 0 spiro atoms. The number of rotatable bonds is 9. The van der Waals surface area contributed by atoms with Crippen LogP contribution in [0.4, 0.5) is 45.5 Å². The molecule has 0 aromatic heterocycles. The molecule has 0 aliphatic rings. The van der Waals surface area contributed by atoms with E-state index in [-0.39, 0.29) is 55.6 Å². The first-order valence-electron chi connectivity index (χ1n) is 17.5. The van der Waals surface area contributed by atoms with Crippen LogP contribution >= 0.6 is 0 Å². The fraction of sp³-hybridized carbons (Fsp3) is 0.0250. The Hall–Kier alpha value is -7.34. The van der Waals surface area contributed by atoms with Crippen molar-refractivity contribution >= 4 is 114 Å². The maximum Gasteiger partial charge on any atom is 0.296 e. The number of benzene rings is 7. The van der Waals surface area contributed by atoms with Gasteiger partial charge in [0.05, 0.1) is 26.9 Å². The van der Waals surface area contributed by atoms with Crippen LogP contribution in [0.2, 0.25) is 0 Å². The second-order valence-electron chi connectivity index (χ2n) is 13.4. The van der Waals surface area contributed by atoms with E-state index in [9.17, 15) is 48.8 Å². The topological polar surface area (TPSA) is 340 Å². The van der Waals surface area contributed by atoms with Crippen molar-refractivity contribution in [2.24, 2.45) is 20.5 Å². The van der Waals surface area contributed by atoms with Crippen LogP contribution in [-0.4, -0.2) is 49.9 Å². The molecule has 22 heteroatoms. The molecule has 0 aliphatic heterocycles. The Morgan fingerprint density at radius 1 is 0.565 bits per heavy atom. The zero-order chi connectivity index (χ0) is 45.3. The SMILES string of the molecule is C=C(C)C(=O)Nc1ccc(N)cc1.Nc1ccc2cc(S(=O)(=O)O)c(N=Nc3ccc(N=Nc4ccc(N)c5ccc(S(=O)(=O)O)cc45)c4ccc(S(=O)(=O)O)cc34)c(O)c2c1. The largest absolute Gasteiger partial charge is 0.505 e. The third-order valence-electron chi connectivity index (χ3n) is 8.97. The molecule has 0 radical (unpaired) electrons. The van der Waals surface area contributed by atoms with Gasteiger partial charge in [-0.3, -0.25) is 18.5 Å². The van der Waals surface area contributed by atoms with Crippen molar-refractivity contribution in [3.05, 3.63) is 121 Å². The van der Waals surface area contributed by atoms with Crippen LogP contribution < -0.4 is 22.5 Å². The number of aromatic hydroxyl groups is 1. The Morgan fingerprint density at radius 3 is 1.61 bits per heavy atom. The van der Waals surface area contributed by atoms with Gasteiger partial charge in [-0.1, -0.05) is 24.8 Å². The molecule has 7 aromatic rings. The minimum atomic E-state index is -4.94. The highest BCUT2D eigenvalue weighted by Crippen LogP contribution is 2.43. The zero-order valence-electron chi connectivity index (χ0n) is 32.0. The second-order valence-corrected chi connectivity index (χ2v) is 17.7. The van der Waals surface area contributed by atoms with Crippen molar-refractivity contribution in [3.63, 3.8) is 0 Å². The van der Waals surface area contributed by atoms with Crippen molar-refractivity contribution < 1.29 is 48.8 Å². The molecule has 0 bridgehead atoms. The smallest absolute Gasteiger partial charge is 0.296 e. The number of amides is 1. The summed E-state index contributed by atoms with van der Waals surface area (Å²) in [6.07, 6.45) is 0. The second kappa shape index (κ2) is 17.0. The van der Waals surface area contributed by atoms with Crippen molar-refractivity contribution in [2.75, 3.05) is 22.5 Å². The molecule has 0 fully saturated rings. The zero-order valence-corrected chi connectivity index (χ0v) is 34.4. The van der Waals surface area contributed by atoms with E-state index in [4.69, 9.17) is 17.2 Å².